The van der Waals surface area contributed by atoms with Crippen molar-refractivity contribution in [1.29, 1.82) is 0 Å². The average Bonchev–Trinajstić information content (AvgIpc) is 3.62. The molecule has 0 atom stereocenters. The molecular formula is C29H27N5O6S. The number of hydrogen-bond donors (Lipinski definition) is 0. The van der Waals surface area contributed by atoms with Crippen LogP contribution in [0.1, 0.15) is 35.3 Å². The summed E-state index contributed by atoms with van der Waals surface area (Å²) in [6.07, 6.45) is 2.98. The minimum atomic E-state index is -1.70. The highest BCUT2D eigenvalue weighted by atomic mass is 32.1. The molecule has 2 aromatic carbocycles. The van der Waals surface area contributed by atoms with Crippen molar-refractivity contribution in [1.82, 2.24) is 24.1 Å². The standard InChI is InChI=1S/C29H27N5O6S/c1-18-23-24(36)33(29(2,3)27(37)40-17-19-10-6-5-7-11-19)28(38)32(26(23)41-25(18)34-30-14-15-31-34)16-21(35)20-12-8-9-13-22(20)39-4/h5-15H,16-17H2,1-4H3. The number of benzene rings is 2. The summed E-state index contributed by atoms with van der Waals surface area (Å²) in [5.41, 5.74) is -1.67. The van der Waals surface area contributed by atoms with E-state index >= 15 is 0 Å². The molecule has 0 aliphatic carbocycles. The van der Waals surface area contributed by atoms with Gasteiger partial charge in [0.15, 0.2) is 5.78 Å². The summed E-state index contributed by atoms with van der Waals surface area (Å²) < 4.78 is 12.9. The van der Waals surface area contributed by atoms with Crippen LogP contribution in [0.5, 0.6) is 5.75 Å². The van der Waals surface area contributed by atoms with Crippen LogP contribution < -0.4 is 16.0 Å². The van der Waals surface area contributed by atoms with Crippen LogP contribution in [0.4, 0.5) is 0 Å². The fourth-order valence-electron chi connectivity index (χ4n) is 4.57. The van der Waals surface area contributed by atoms with Crippen molar-refractivity contribution in [2.45, 2.75) is 39.5 Å². The molecule has 5 aromatic rings. The SMILES string of the molecule is COc1ccccc1C(=O)Cn1c(=O)n(C(C)(C)C(=O)OCc2ccccc2)c(=O)c2c(C)c(-n3nccn3)sc21. The molecule has 3 heterocycles. The largest absolute Gasteiger partial charge is 0.496 e. The van der Waals surface area contributed by atoms with Gasteiger partial charge in [-0.15, -0.1) is 4.80 Å². The zero-order chi connectivity index (χ0) is 29.3. The van der Waals surface area contributed by atoms with Crippen molar-refractivity contribution < 1.29 is 19.1 Å². The smallest absolute Gasteiger partial charge is 0.333 e. The number of hydrogen-bond acceptors (Lipinski definition) is 9. The number of aryl methyl sites for hydroxylation is 1. The molecule has 0 spiro atoms. The number of ether oxygens (including phenoxy) is 2. The number of carbonyl (C=O) groups excluding carboxylic acids is 2. The number of fused-ring (bicyclic) bond motifs is 1. The summed E-state index contributed by atoms with van der Waals surface area (Å²) in [4.78, 5) is 56.5. The Labute approximate surface area is 238 Å². The van der Waals surface area contributed by atoms with Crippen LogP contribution in [-0.2, 0) is 28.2 Å². The van der Waals surface area contributed by atoms with Gasteiger partial charge in [-0.3, -0.25) is 14.2 Å². The second kappa shape index (κ2) is 11.0. The molecule has 0 radical (unpaired) electrons. The number of esters is 1. The van der Waals surface area contributed by atoms with Gasteiger partial charge in [-0.05, 0) is 38.5 Å². The quantitative estimate of drug-likeness (QED) is 0.194. The number of aromatic nitrogens is 5. The highest BCUT2D eigenvalue weighted by molar-refractivity contribution is 7.21. The van der Waals surface area contributed by atoms with E-state index in [9.17, 15) is 19.2 Å². The Kier molecular flexibility index (Phi) is 7.41. The molecule has 0 fully saturated rings. The van der Waals surface area contributed by atoms with Gasteiger partial charge >= 0.3 is 11.7 Å². The number of rotatable bonds is 9. The molecule has 210 valence electrons. The van der Waals surface area contributed by atoms with E-state index in [1.165, 1.54) is 42.7 Å². The van der Waals surface area contributed by atoms with Gasteiger partial charge < -0.3 is 9.47 Å². The number of Topliss-reactive ketones (excluding diaryl/α,β-unsaturated/α-hetero) is 1. The van der Waals surface area contributed by atoms with Crippen molar-refractivity contribution in [2.75, 3.05) is 7.11 Å². The molecule has 3 aromatic heterocycles. The monoisotopic (exact) mass is 573 g/mol. The average molecular weight is 574 g/mol. The fraction of sp³-hybridized carbons (Fsp3) is 0.241. The van der Waals surface area contributed by atoms with Gasteiger partial charge in [0.25, 0.3) is 5.56 Å². The maximum atomic E-state index is 14.1. The summed E-state index contributed by atoms with van der Waals surface area (Å²) in [6, 6.07) is 15.7. The predicted octanol–water partition coefficient (Wildman–Crippen LogP) is 3.48. The highest BCUT2D eigenvalue weighted by Gasteiger charge is 2.37. The first kappa shape index (κ1) is 27.7. The Hall–Kier alpha value is -4.84. The van der Waals surface area contributed by atoms with Crippen molar-refractivity contribution in [3.05, 3.63) is 105 Å². The normalized spacial score (nSPS) is 11.5. The summed E-state index contributed by atoms with van der Waals surface area (Å²) in [6.45, 7) is 4.16. The van der Waals surface area contributed by atoms with E-state index in [1.807, 2.05) is 18.2 Å². The first-order valence-corrected chi connectivity index (χ1v) is 13.5. The van der Waals surface area contributed by atoms with E-state index in [-0.39, 0.29) is 22.4 Å². The van der Waals surface area contributed by atoms with Gasteiger partial charge in [-0.2, -0.15) is 10.2 Å². The van der Waals surface area contributed by atoms with E-state index in [2.05, 4.69) is 10.2 Å². The first-order chi connectivity index (χ1) is 19.6. The number of nitrogens with zero attached hydrogens (tertiary/aromatic N) is 5. The molecular weight excluding hydrogens is 546 g/mol. The molecule has 0 bridgehead atoms. The van der Waals surface area contributed by atoms with Crippen LogP contribution in [0.15, 0.2) is 76.6 Å². The molecule has 0 amide bonds. The van der Waals surface area contributed by atoms with E-state index in [4.69, 9.17) is 9.47 Å². The number of thiophene rings is 1. The third-order valence-corrected chi connectivity index (χ3v) is 8.05. The molecule has 0 N–H and O–H groups in total. The Balaban J connectivity index is 1.67. The number of carbonyl (C=O) groups is 2. The van der Waals surface area contributed by atoms with Crippen LogP contribution >= 0.6 is 11.3 Å². The predicted molar refractivity (Wildman–Crippen MR) is 153 cm³/mol. The Morgan fingerprint density at radius 1 is 0.976 bits per heavy atom. The maximum Gasteiger partial charge on any atom is 0.333 e. The van der Waals surface area contributed by atoms with Gasteiger partial charge in [-0.25, -0.2) is 14.2 Å². The third kappa shape index (κ3) is 4.97. The van der Waals surface area contributed by atoms with Crippen molar-refractivity contribution in [2.24, 2.45) is 0 Å². The summed E-state index contributed by atoms with van der Waals surface area (Å²) in [5.74, 6) is -0.835. The van der Waals surface area contributed by atoms with Gasteiger partial charge in [0.05, 0.1) is 37.0 Å². The van der Waals surface area contributed by atoms with Gasteiger partial charge in [0.2, 0.25) is 0 Å². The van der Waals surface area contributed by atoms with E-state index in [0.717, 1.165) is 21.5 Å². The second-order valence-corrected chi connectivity index (χ2v) is 10.8. The van der Waals surface area contributed by atoms with Gasteiger partial charge in [0.1, 0.15) is 27.7 Å². The van der Waals surface area contributed by atoms with E-state index in [1.54, 1.807) is 43.3 Å². The molecule has 12 heteroatoms. The summed E-state index contributed by atoms with van der Waals surface area (Å²) >= 11 is 1.11. The Morgan fingerprint density at radius 3 is 2.32 bits per heavy atom. The zero-order valence-corrected chi connectivity index (χ0v) is 23.7. The lowest BCUT2D eigenvalue weighted by Gasteiger charge is -2.25. The summed E-state index contributed by atoms with van der Waals surface area (Å²) in [7, 11) is 1.45. The molecule has 0 aliphatic heterocycles. The van der Waals surface area contributed by atoms with Crippen LogP contribution in [0.25, 0.3) is 15.2 Å². The van der Waals surface area contributed by atoms with Gasteiger partial charge in [0, 0.05) is 5.56 Å². The highest BCUT2D eigenvalue weighted by Crippen LogP contribution is 2.31. The lowest BCUT2D eigenvalue weighted by atomic mass is 10.1. The summed E-state index contributed by atoms with van der Waals surface area (Å²) in [5, 5.41) is 9.02. The number of methoxy groups -OCH3 is 1. The molecule has 0 aliphatic rings. The lowest BCUT2D eigenvalue weighted by Crippen LogP contribution is -2.53. The van der Waals surface area contributed by atoms with Crippen LogP contribution in [0.3, 0.4) is 0 Å². The van der Waals surface area contributed by atoms with Crippen LogP contribution in [-0.4, -0.2) is 43.0 Å². The fourth-order valence-corrected chi connectivity index (χ4v) is 5.78. The molecule has 11 nitrogen and oxygen atoms in total. The van der Waals surface area contributed by atoms with E-state index in [0.29, 0.717) is 16.3 Å². The van der Waals surface area contributed by atoms with Crippen molar-refractivity contribution in [3.63, 3.8) is 0 Å². The maximum absolute atomic E-state index is 14.1. The zero-order valence-electron chi connectivity index (χ0n) is 22.9. The lowest BCUT2D eigenvalue weighted by molar-refractivity contribution is -0.154. The van der Waals surface area contributed by atoms with E-state index < -0.39 is 35.1 Å². The Bertz CT molecular complexity index is 1870. The van der Waals surface area contributed by atoms with Gasteiger partial charge in [-0.1, -0.05) is 53.8 Å². The minimum absolute atomic E-state index is 0.0346. The molecule has 0 unspecified atom stereocenters. The third-order valence-electron chi connectivity index (χ3n) is 6.77. The first-order valence-electron chi connectivity index (χ1n) is 12.7. The van der Waals surface area contributed by atoms with Crippen LogP contribution in [0, 0.1) is 6.92 Å². The van der Waals surface area contributed by atoms with Crippen molar-refractivity contribution in [3.8, 4) is 10.8 Å². The van der Waals surface area contributed by atoms with Crippen molar-refractivity contribution >= 4 is 33.3 Å². The molecule has 0 saturated carbocycles. The number of para-hydroxylation sites is 1. The molecule has 5 rings (SSSR count). The molecule has 41 heavy (non-hydrogen) atoms. The minimum Gasteiger partial charge on any atom is -0.496 e. The molecule has 0 saturated heterocycles. The second-order valence-electron chi connectivity index (χ2n) is 9.78. The Morgan fingerprint density at radius 2 is 1.63 bits per heavy atom. The van der Waals surface area contributed by atoms with Crippen LogP contribution in [0.2, 0.25) is 0 Å². The topological polar surface area (TPSA) is 127 Å². The number of ketones is 1.